The van der Waals surface area contributed by atoms with Crippen LogP contribution < -0.4 is 0 Å². The minimum absolute atomic E-state index is 0.0720. The topological polar surface area (TPSA) is 77.8 Å². The zero-order valence-electron chi connectivity index (χ0n) is 16.0. The summed E-state index contributed by atoms with van der Waals surface area (Å²) in [6.45, 7) is 9.13. The largest absolute Gasteiger partial charge is 0.507 e. The van der Waals surface area contributed by atoms with Gasteiger partial charge in [0.2, 0.25) is 0 Å². The van der Waals surface area contributed by atoms with Crippen LogP contribution in [0.5, 0.6) is 11.5 Å². The van der Waals surface area contributed by atoms with Gasteiger partial charge in [-0.25, -0.2) is 4.79 Å². The second-order valence-electron chi connectivity index (χ2n) is 6.70. The van der Waals surface area contributed by atoms with E-state index in [1.165, 1.54) is 0 Å². The maximum atomic E-state index is 11.8. The van der Waals surface area contributed by atoms with Gasteiger partial charge in [0.05, 0.1) is 5.56 Å². The molecule has 0 saturated heterocycles. The second kappa shape index (κ2) is 7.65. The number of aryl methyl sites for hydroxylation is 1. The standard InChI is InChI=1S/C22H26O4/c1-6-7-8-9-17-12(2)10-16(11-18(17)22(25)26)19-15(5)20(23)13(3)14(4)21(19)24/h8-11,23-24H,6-7H2,1-5H3,(H,25,26). The van der Waals surface area contributed by atoms with Crippen LogP contribution in [0.15, 0.2) is 18.2 Å². The van der Waals surface area contributed by atoms with Gasteiger partial charge in [0.1, 0.15) is 11.5 Å². The molecule has 4 heteroatoms. The summed E-state index contributed by atoms with van der Waals surface area (Å²) in [5, 5.41) is 30.7. The number of carbonyl (C=O) groups is 1. The van der Waals surface area contributed by atoms with Gasteiger partial charge >= 0.3 is 5.97 Å². The Morgan fingerprint density at radius 2 is 1.62 bits per heavy atom. The van der Waals surface area contributed by atoms with E-state index in [4.69, 9.17) is 0 Å². The van der Waals surface area contributed by atoms with Crippen LogP contribution in [0.25, 0.3) is 17.2 Å². The molecular weight excluding hydrogens is 328 g/mol. The molecule has 0 aromatic heterocycles. The number of carboxylic acids is 1. The quantitative estimate of drug-likeness (QED) is 0.619. The Bertz CT molecular complexity index is 863. The minimum Gasteiger partial charge on any atom is -0.507 e. The summed E-state index contributed by atoms with van der Waals surface area (Å²) in [6, 6.07) is 3.42. The lowest BCUT2D eigenvalue weighted by Gasteiger charge is -2.18. The molecule has 0 amide bonds. The van der Waals surface area contributed by atoms with Gasteiger partial charge in [-0.2, -0.15) is 0 Å². The summed E-state index contributed by atoms with van der Waals surface area (Å²) in [5.41, 5.74) is 4.46. The van der Waals surface area contributed by atoms with E-state index in [-0.39, 0.29) is 17.1 Å². The molecule has 2 rings (SSSR count). The summed E-state index contributed by atoms with van der Waals surface area (Å²) >= 11 is 0. The molecule has 4 nitrogen and oxygen atoms in total. The van der Waals surface area contributed by atoms with Crippen molar-refractivity contribution in [2.24, 2.45) is 0 Å². The lowest BCUT2D eigenvalue weighted by atomic mass is 9.89. The second-order valence-corrected chi connectivity index (χ2v) is 6.70. The molecule has 0 aliphatic carbocycles. The molecule has 0 bridgehead atoms. The minimum atomic E-state index is -1.02. The number of phenolic OH excluding ortho intramolecular Hbond substituents is 2. The first-order valence-corrected chi connectivity index (χ1v) is 8.77. The molecule has 138 valence electrons. The number of aromatic carboxylic acids is 1. The predicted octanol–water partition coefficient (Wildman–Crippen LogP) is 5.51. The molecule has 3 N–H and O–H groups in total. The van der Waals surface area contributed by atoms with Crippen molar-refractivity contribution in [3.05, 3.63) is 51.6 Å². The van der Waals surface area contributed by atoms with Crippen molar-refractivity contribution >= 4 is 12.0 Å². The third-order valence-electron chi connectivity index (χ3n) is 4.89. The number of carboxylic acid groups (broad SMARTS) is 1. The van der Waals surface area contributed by atoms with Crippen molar-refractivity contribution in [2.75, 3.05) is 0 Å². The molecule has 0 fully saturated rings. The molecule has 0 aliphatic heterocycles. The summed E-state index contributed by atoms with van der Waals surface area (Å²) in [6.07, 6.45) is 5.69. The fourth-order valence-corrected chi connectivity index (χ4v) is 3.18. The van der Waals surface area contributed by atoms with Crippen molar-refractivity contribution in [1.29, 1.82) is 0 Å². The van der Waals surface area contributed by atoms with Crippen LogP contribution in [-0.4, -0.2) is 21.3 Å². The normalized spacial score (nSPS) is 11.3. The molecule has 0 spiro atoms. The lowest BCUT2D eigenvalue weighted by molar-refractivity contribution is 0.0696. The molecule has 2 aromatic carbocycles. The van der Waals surface area contributed by atoms with Crippen LogP contribution in [0.2, 0.25) is 0 Å². The van der Waals surface area contributed by atoms with Gasteiger partial charge in [-0.15, -0.1) is 0 Å². The predicted molar refractivity (Wildman–Crippen MR) is 105 cm³/mol. The van der Waals surface area contributed by atoms with Crippen molar-refractivity contribution in [3.8, 4) is 22.6 Å². The number of phenols is 2. The zero-order chi connectivity index (χ0) is 19.6. The molecule has 0 unspecified atom stereocenters. The average molecular weight is 354 g/mol. The number of allylic oxidation sites excluding steroid dienone is 1. The Morgan fingerprint density at radius 3 is 2.19 bits per heavy atom. The third-order valence-corrected chi connectivity index (χ3v) is 4.89. The Labute approximate surface area is 154 Å². The van der Waals surface area contributed by atoms with E-state index in [0.29, 0.717) is 33.4 Å². The van der Waals surface area contributed by atoms with E-state index in [2.05, 4.69) is 6.92 Å². The summed E-state index contributed by atoms with van der Waals surface area (Å²) < 4.78 is 0. The summed E-state index contributed by atoms with van der Waals surface area (Å²) in [4.78, 5) is 11.8. The van der Waals surface area contributed by atoms with Crippen LogP contribution in [0, 0.1) is 27.7 Å². The molecule has 0 saturated carbocycles. The van der Waals surface area contributed by atoms with Gasteiger partial charge in [0, 0.05) is 11.1 Å². The molecule has 0 aliphatic rings. The number of hydrogen-bond acceptors (Lipinski definition) is 3. The lowest BCUT2D eigenvalue weighted by Crippen LogP contribution is -2.03. The van der Waals surface area contributed by atoms with Crippen LogP contribution in [0.4, 0.5) is 0 Å². The van der Waals surface area contributed by atoms with E-state index in [1.54, 1.807) is 26.8 Å². The van der Waals surface area contributed by atoms with Crippen molar-refractivity contribution in [1.82, 2.24) is 0 Å². The van der Waals surface area contributed by atoms with Gasteiger partial charge in [-0.1, -0.05) is 31.6 Å². The van der Waals surface area contributed by atoms with Gasteiger partial charge < -0.3 is 15.3 Å². The first kappa shape index (κ1) is 19.6. The summed E-state index contributed by atoms with van der Waals surface area (Å²) in [5.74, 6) is -0.823. The molecule has 0 radical (unpaired) electrons. The maximum absolute atomic E-state index is 11.8. The van der Waals surface area contributed by atoms with E-state index >= 15 is 0 Å². The Morgan fingerprint density at radius 1 is 1.00 bits per heavy atom. The molecule has 0 atom stereocenters. The van der Waals surface area contributed by atoms with E-state index < -0.39 is 5.97 Å². The highest BCUT2D eigenvalue weighted by atomic mass is 16.4. The fraction of sp³-hybridized carbons (Fsp3) is 0.318. The van der Waals surface area contributed by atoms with E-state index in [0.717, 1.165) is 18.4 Å². The molecule has 2 aromatic rings. The third kappa shape index (κ3) is 3.45. The monoisotopic (exact) mass is 354 g/mol. The van der Waals surface area contributed by atoms with Gasteiger partial charge in [-0.3, -0.25) is 0 Å². The number of rotatable bonds is 5. The SMILES string of the molecule is CCCC=Cc1c(C)cc(-c2c(C)c(O)c(C)c(C)c2O)cc1C(=O)O. The highest BCUT2D eigenvalue weighted by Crippen LogP contribution is 2.43. The maximum Gasteiger partial charge on any atom is 0.336 e. The Balaban J connectivity index is 2.76. The van der Waals surface area contributed by atoms with Crippen molar-refractivity contribution in [3.63, 3.8) is 0 Å². The van der Waals surface area contributed by atoms with Crippen LogP contribution in [0.1, 0.15) is 57.9 Å². The van der Waals surface area contributed by atoms with Gasteiger partial charge in [0.15, 0.2) is 0 Å². The highest BCUT2D eigenvalue weighted by molar-refractivity contribution is 5.95. The molecular formula is C22H26O4. The molecule has 26 heavy (non-hydrogen) atoms. The highest BCUT2D eigenvalue weighted by Gasteiger charge is 2.20. The van der Waals surface area contributed by atoms with Crippen LogP contribution >= 0.6 is 0 Å². The fourth-order valence-electron chi connectivity index (χ4n) is 3.18. The number of unbranched alkanes of at least 4 members (excludes halogenated alkanes) is 1. The van der Waals surface area contributed by atoms with Gasteiger partial charge in [0.25, 0.3) is 0 Å². The van der Waals surface area contributed by atoms with Crippen molar-refractivity contribution < 1.29 is 20.1 Å². The molecule has 0 heterocycles. The average Bonchev–Trinajstić information content (AvgIpc) is 2.59. The zero-order valence-corrected chi connectivity index (χ0v) is 16.0. The Hall–Kier alpha value is -2.75. The first-order valence-electron chi connectivity index (χ1n) is 8.77. The number of hydrogen-bond donors (Lipinski definition) is 3. The van der Waals surface area contributed by atoms with Crippen LogP contribution in [0.3, 0.4) is 0 Å². The smallest absolute Gasteiger partial charge is 0.336 e. The van der Waals surface area contributed by atoms with E-state index in [9.17, 15) is 20.1 Å². The van der Waals surface area contributed by atoms with E-state index in [1.807, 2.05) is 25.1 Å². The van der Waals surface area contributed by atoms with Gasteiger partial charge in [-0.05, 0) is 68.0 Å². The number of aromatic hydroxyl groups is 2. The van der Waals surface area contributed by atoms with Crippen molar-refractivity contribution in [2.45, 2.75) is 47.5 Å². The number of benzene rings is 2. The first-order chi connectivity index (χ1) is 12.2. The van der Waals surface area contributed by atoms with Crippen LogP contribution in [-0.2, 0) is 0 Å². The Kier molecular flexibility index (Phi) is 5.76. The summed E-state index contributed by atoms with van der Waals surface area (Å²) in [7, 11) is 0.